The van der Waals surface area contributed by atoms with E-state index >= 15 is 0 Å². The highest BCUT2D eigenvalue weighted by Gasteiger charge is 2.11. The average Bonchev–Trinajstić information content (AvgIpc) is 2.94. The summed E-state index contributed by atoms with van der Waals surface area (Å²) in [6.45, 7) is 1.81. The minimum Gasteiger partial charge on any atom is -0.493 e. The van der Waals surface area contributed by atoms with Crippen molar-refractivity contribution in [1.82, 2.24) is 5.32 Å². The molecular weight excluding hydrogens is 272 g/mol. The summed E-state index contributed by atoms with van der Waals surface area (Å²) in [5, 5.41) is 3.15. The second-order valence-electron chi connectivity index (χ2n) is 5.20. The molecule has 0 unspecified atom stereocenters. The molecule has 1 aliphatic rings. The molecule has 0 amide bonds. The van der Waals surface area contributed by atoms with Crippen LogP contribution in [0.2, 0.25) is 0 Å². The van der Waals surface area contributed by atoms with Crippen molar-refractivity contribution in [2.75, 3.05) is 13.2 Å². The lowest BCUT2D eigenvalue weighted by Crippen LogP contribution is -2.17. The van der Waals surface area contributed by atoms with Crippen LogP contribution in [0.25, 0.3) is 0 Å². The molecule has 2 nitrogen and oxygen atoms in total. The molecule has 1 aliphatic heterocycles. The highest BCUT2D eigenvalue weighted by atomic mass is 19.1. The highest BCUT2D eigenvalue weighted by molar-refractivity contribution is 5.39. The summed E-state index contributed by atoms with van der Waals surface area (Å²) in [4.78, 5) is 0. The summed E-state index contributed by atoms with van der Waals surface area (Å²) in [5.74, 6) is 0.193. The monoisotopic (exact) mass is 289 g/mol. The van der Waals surface area contributed by atoms with E-state index in [9.17, 15) is 8.78 Å². The van der Waals surface area contributed by atoms with Crippen LogP contribution in [0.15, 0.2) is 36.4 Å². The first kappa shape index (κ1) is 14.0. The van der Waals surface area contributed by atoms with Gasteiger partial charge in [-0.15, -0.1) is 0 Å². The molecule has 0 atom stereocenters. The van der Waals surface area contributed by atoms with E-state index in [2.05, 4.69) is 17.4 Å². The van der Waals surface area contributed by atoms with Crippen LogP contribution in [0, 0.1) is 11.6 Å². The Morgan fingerprint density at radius 1 is 1.10 bits per heavy atom. The molecule has 110 valence electrons. The number of rotatable bonds is 5. The van der Waals surface area contributed by atoms with Crippen molar-refractivity contribution in [1.29, 1.82) is 0 Å². The number of hydrogen-bond donors (Lipinski definition) is 1. The van der Waals surface area contributed by atoms with Gasteiger partial charge in [0.05, 0.1) is 6.61 Å². The van der Waals surface area contributed by atoms with Crippen molar-refractivity contribution in [2.24, 2.45) is 0 Å². The number of nitrogens with one attached hydrogen (secondary N) is 1. The van der Waals surface area contributed by atoms with E-state index in [0.717, 1.165) is 43.9 Å². The first-order chi connectivity index (χ1) is 10.2. The topological polar surface area (TPSA) is 21.3 Å². The lowest BCUT2D eigenvalue weighted by molar-refractivity contribution is 0.357. The first-order valence-corrected chi connectivity index (χ1v) is 7.11. The molecule has 21 heavy (non-hydrogen) atoms. The van der Waals surface area contributed by atoms with Crippen molar-refractivity contribution in [3.63, 3.8) is 0 Å². The molecule has 0 saturated heterocycles. The Kier molecular flexibility index (Phi) is 4.15. The fourth-order valence-electron chi connectivity index (χ4n) is 2.53. The van der Waals surface area contributed by atoms with Crippen molar-refractivity contribution in [3.8, 4) is 5.75 Å². The third-order valence-corrected chi connectivity index (χ3v) is 3.67. The second kappa shape index (κ2) is 6.22. The standard InChI is InChI=1S/C17H17F2NO/c18-15-2-3-16(19)14(10-15)11-20-7-5-12-1-4-17-13(9-12)6-8-21-17/h1-4,9-10,20H,5-8,11H2. The average molecular weight is 289 g/mol. The van der Waals surface area contributed by atoms with Gasteiger partial charge in [0, 0.05) is 18.5 Å². The molecule has 0 spiro atoms. The Balaban J connectivity index is 1.51. The van der Waals surface area contributed by atoms with Crippen LogP contribution < -0.4 is 10.1 Å². The smallest absolute Gasteiger partial charge is 0.127 e. The lowest BCUT2D eigenvalue weighted by atomic mass is 10.1. The summed E-state index contributed by atoms with van der Waals surface area (Å²) in [6.07, 6.45) is 1.81. The van der Waals surface area contributed by atoms with Gasteiger partial charge in [-0.05, 0) is 48.4 Å². The van der Waals surface area contributed by atoms with E-state index in [4.69, 9.17) is 4.74 Å². The fourth-order valence-corrected chi connectivity index (χ4v) is 2.53. The minimum absolute atomic E-state index is 0.331. The minimum atomic E-state index is -0.410. The van der Waals surface area contributed by atoms with Crippen molar-refractivity contribution >= 4 is 0 Å². The van der Waals surface area contributed by atoms with Crippen LogP contribution in [0.4, 0.5) is 8.78 Å². The summed E-state index contributed by atoms with van der Waals surface area (Å²) in [7, 11) is 0. The van der Waals surface area contributed by atoms with Gasteiger partial charge in [0.25, 0.3) is 0 Å². The van der Waals surface area contributed by atoms with E-state index in [0.29, 0.717) is 12.1 Å². The Hall–Kier alpha value is -1.94. The largest absolute Gasteiger partial charge is 0.493 e. The molecule has 2 aromatic rings. The zero-order chi connectivity index (χ0) is 14.7. The van der Waals surface area contributed by atoms with Crippen LogP contribution in [0.1, 0.15) is 16.7 Å². The molecule has 0 aromatic heterocycles. The predicted molar refractivity (Wildman–Crippen MR) is 77.4 cm³/mol. The zero-order valence-corrected chi connectivity index (χ0v) is 11.7. The summed E-state index contributed by atoms with van der Waals surface area (Å²) >= 11 is 0. The number of hydrogen-bond acceptors (Lipinski definition) is 2. The zero-order valence-electron chi connectivity index (χ0n) is 11.7. The van der Waals surface area contributed by atoms with Gasteiger partial charge in [-0.3, -0.25) is 0 Å². The number of fused-ring (bicyclic) bond motifs is 1. The second-order valence-corrected chi connectivity index (χ2v) is 5.20. The lowest BCUT2D eigenvalue weighted by Gasteiger charge is -2.07. The van der Waals surface area contributed by atoms with Gasteiger partial charge in [0.15, 0.2) is 0 Å². The van der Waals surface area contributed by atoms with Gasteiger partial charge in [-0.25, -0.2) is 8.78 Å². The van der Waals surface area contributed by atoms with Crippen LogP contribution in [-0.4, -0.2) is 13.2 Å². The Morgan fingerprint density at radius 3 is 2.90 bits per heavy atom. The third kappa shape index (κ3) is 3.39. The van der Waals surface area contributed by atoms with Gasteiger partial charge in [-0.2, -0.15) is 0 Å². The molecule has 4 heteroatoms. The van der Waals surface area contributed by atoms with E-state index < -0.39 is 5.82 Å². The molecule has 3 rings (SSSR count). The number of ether oxygens (including phenoxy) is 1. The molecular formula is C17H17F2NO. The summed E-state index contributed by atoms with van der Waals surface area (Å²) < 4.78 is 32.0. The molecule has 0 fully saturated rings. The van der Waals surface area contributed by atoms with Gasteiger partial charge in [0.2, 0.25) is 0 Å². The molecule has 0 bridgehead atoms. The Labute approximate surface area is 122 Å². The molecule has 1 N–H and O–H groups in total. The molecule has 0 saturated carbocycles. The Morgan fingerprint density at radius 2 is 2.00 bits per heavy atom. The van der Waals surface area contributed by atoms with Crippen LogP contribution in [0.3, 0.4) is 0 Å². The van der Waals surface area contributed by atoms with Gasteiger partial charge in [0.1, 0.15) is 17.4 Å². The summed E-state index contributed by atoms with van der Waals surface area (Å²) in [6, 6.07) is 9.73. The predicted octanol–water partition coefficient (Wildman–Crippen LogP) is 3.23. The maximum absolute atomic E-state index is 13.4. The van der Waals surface area contributed by atoms with Gasteiger partial charge < -0.3 is 10.1 Å². The van der Waals surface area contributed by atoms with Crippen LogP contribution in [-0.2, 0) is 19.4 Å². The van der Waals surface area contributed by atoms with Gasteiger partial charge in [-0.1, -0.05) is 12.1 Å². The van der Waals surface area contributed by atoms with E-state index in [1.54, 1.807) is 0 Å². The SMILES string of the molecule is Fc1ccc(F)c(CNCCc2ccc3c(c2)CCO3)c1. The van der Waals surface area contributed by atoms with Crippen molar-refractivity contribution < 1.29 is 13.5 Å². The molecule has 1 heterocycles. The van der Waals surface area contributed by atoms with Crippen molar-refractivity contribution in [2.45, 2.75) is 19.4 Å². The van der Waals surface area contributed by atoms with E-state index in [1.165, 1.54) is 17.2 Å². The Bertz CT molecular complexity index is 643. The highest BCUT2D eigenvalue weighted by Crippen LogP contribution is 2.25. The number of benzene rings is 2. The van der Waals surface area contributed by atoms with Crippen molar-refractivity contribution in [3.05, 3.63) is 64.7 Å². The molecule has 0 aliphatic carbocycles. The maximum Gasteiger partial charge on any atom is 0.127 e. The number of halogens is 2. The first-order valence-electron chi connectivity index (χ1n) is 7.11. The van der Waals surface area contributed by atoms with Crippen LogP contribution in [0.5, 0.6) is 5.75 Å². The summed E-state index contributed by atoms with van der Waals surface area (Å²) in [5.41, 5.74) is 2.84. The maximum atomic E-state index is 13.4. The molecule has 0 radical (unpaired) electrons. The quantitative estimate of drug-likeness (QED) is 0.853. The van der Waals surface area contributed by atoms with E-state index in [1.807, 2.05) is 6.07 Å². The van der Waals surface area contributed by atoms with Gasteiger partial charge >= 0.3 is 0 Å². The third-order valence-electron chi connectivity index (χ3n) is 3.67. The fraction of sp³-hybridized carbons (Fsp3) is 0.294. The molecule has 2 aromatic carbocycles. The van der Waals surface area contributed by atoms with Crippen LogP contribution >= 0.6 is 0 Å². The van der Waals surface area contributed by atoms with E-state index in [-0.39, 0.29) is 5.82 Å². The normalized spacial score (nSPS) is 13.0.